The zero-order valence-electron chi connectivity index (χ0n) is 15.0. The zero-order chi connectivity index (χ0) is 18.5. The summed E-state index contributed by atoms with van der Waals surface area (Å²) in [5.41, 5.74) is 2.97. The second kappa shape index (κ2) is 8.06. The molecular formula is C20H21ClN4O. The van der Waals surface area contributed by atoms with E-state index in [0.717, 1.165) is 17.8 Å². The fourth-order valence-electron chi connectivity index (χ4n) is 2.60. The summed E-state index contributed by atoms with van der Waals surface area (Å²) in [6.07, 6.45) is 1.74. The third kappa shape index (κ3) is 4.24. The van der Waals surface area contributed by atoms with Gasteiger partial charge in [0.15, 0.2) is 0 Å². The van der Waals surface area contributed by atoms with E-state index >= 15 is 0 Å². The predicted molar refractivity (Wildman–Crippen MR) is 107 cm³/mol. The number of benzene rings is 2. The van der Waals surface area contributed by atoms with Crippen molar-refractivity contribution in [3.8, 4) is 5.75 Å². The molecule has 0 fully saturated rings. The fourth-order valence-corrected chi connectivity index (χ4v) is 2.75. The minimum absolute atomic E-state index is 0.642. The summed E-state index contributed by atoms with van der Waals surface area (Å²) in [6.45, 7) is 2.68. The molecule has 0 aliphatic heterocycles. The van der Waals surface area contributed by atoms with Gasteiger partial charge < -0.3 is 15.0 Å². The van der Waals surface area contributed by atoms with Gasteiger partial charge in [-0.15, -0.1) is 0 Å². The number of hydrogen-bond donors (Lipinski definition) is 1. The van der Waals surface area contributed by atoms with Crippen molar-refractivity contribution < 1.29 is 4.74 Å². The lowest BCUT2D eigenvalue weighted by molar-refractivity contribution is 0.416. The Kier molecular flexibility index (Phi) is 5.58. The molecule has 26 heavy (non-hydrogen) atoms. The van der Waals surface area contributed by atoms with Crippen LogP contribution >= 0.6 is 11.6 Å². The Morgan fingerprint density at radius 3 is 2.65 bits per heavy atom. The fraction of sp³-hybridized carbons (Fsp3) is 0.200. The summed E-state index contributed by atoms with van der Waals surface area (Å²) in [5, 5.41) is 3.95. The van der Waals surface area contributed by atoms with Crippen molar-refractivity contribution in [2.45, 2.75) is 13.5 Å². The molecule has 3 rings (SSSR count). The molecular weight excluding hydrogens is 348 g/mol. The van der Waals surface area contributed by atoms with E-state index in [0.29, 0.717) is 22.5 Å². The Bertz CT molecular complexity index is 886. The molecule has 0 saturated carbocycles. The molecule has 0 unspecified atom stereocenters. The van der Waals surface area contributed by atoms with Crippen molar-refractivity contribution in [2.75, 3.05) is 24.4 Å². The van der Waals surface area contributed by atoms with Gasteiger partial charge in [-0.1, -0.05) is 41.9 Å². The van der Waals surface area contributed by atoms with Crippen LogP contribution in [0.3, 0.4) is 0 Å². The smallest absolute Gasteiger partial charge is 0.227 e. The van der Waals surface area contributed by atoms with Crippen LogP contribution in [0.1, 0.15) is 11.1 Å². The molecule has 0 atom stereocenters. The number of aryl methyl sites for hydroxylation is 1. The van der Waals surface area contributed by atoms with Crippen LogP contribution in [0.15, 0.2) is 54.7 Å². The number of nitrogens with one attached hydrogen (secondary N) is 1. The number of methoxy groups -OCH3 is 1. The van der Waals surface area contributed by atoms with Crippen molar-refractivity contribution in [1.29, 1.82) is 0 Å². The van der Waals surface area contributed by atoms with Crippen LogP contribution in [-0.2, 0) is 6.54 Å². The van der Waals surface area contributed by atoms with Gasteiger partial charge in [-0.05, 0) is 30.2 Å². The lowest BCUT2D eigenvalue weighted by Crippen LogP contribution is -2.19. The largest absolute Gasteiger partial charge is 0.495 e. The average Bonchev–Trinajstić information content (AvgIpc) is 2.65. The van der Waals surface area contributed by atoms with Crippen LogP contribution in [0, 0.1) is 6.92 Å². The normalized spacial score (nSPS) is 10.5. The predicted octanol–water partition coefficient (Wildman–Crippen LogP) is 4.83. The minimum Gasteiger partial charge on any atom is -0.495 e. The number of aromatic nitrogens is 2. The first-order valence-corrected chi connectivity index (χ1v) is 8.64. The molecule has 134 valence electrons. The maximum absolute atomic E-state index is 6.17. The van der Waals surface area contributed by atoms with Crippen molar-refractivity contribution in [1.82, 2.24) is 9.97 Å². The van der Waals surface area contributed by atoms with Crippen molar-refractivity contribution in [2.24, 2.45) is 0 Å². The standard InChI is InChI=1S/C20H21ClN4O/c1-14-11-17(18(26-3)12-16(14)21)23-19-9-10-22-20(24-19)25(2)13-15-7-5-4-6-8-15/h4-12H,13H2,1-3H3,(H,22,23,24). The molecule has 1 heterocycles. The van der Waals surface area contributed by atoms with Crippen LogP contribution in [0.4, 0.5) is 17.5 Å². The maximum atomic E-state index is 6.17. The van der Waals surface area contributed by atoms with Gasteiger partial charge in [0.1, 0.15) is 11.6 Å². The van der Waals surface area contributed by atoms with E-state index < -0.39 is 0 Å². The highest BCUT2D eigenvalue weighted by molar-refractivity contribution is 6.31. The van der Waals surface area contributed by atoms with Crippen LogP contribution in [0.2, 0.25) is 5.02 Å². The van der Waals surface area contributed by atoms with Crippen molar-refractivity contribution in [3.63, 3.8) is 0 Å². The highest BCUT2D eigenvalue weighted by Crippen LogP contribution is 2.32. The summed E-state index contributed by atoms with van der Waals surface area (Å²) < 4.78 is 5.41. The van der Waals surface area contributed by atoms with Crippen LogP contribution in [0.25, 0.3) is 0 Å². The van der Waals surface area contributed by atoms with Gasteiger partial charge in [-0.3, -0.25) is 0 Å². The van der Waals surface area contributed by atoms with Crippen LogP contribution in [0.5, 0.6) is 5.75 Å². The Morgan fingerprint density at radius 2 is 1.92 bits per heavy atom. The Labute approximate surface area is 158 Å². The van der Waals surface area contributed by atoms with Gasteiger partial charge in [0.2, 0.25) is 5.95 Å². The second-order valence-electron chi connectivity index (χ2n) is 6.01. The lowest BCUT2D eigenvalue weighted by Gasteiger charge is -2.18. The lowest BCUT2D eigenvalue weighted by atomic mass is 10.2. The maximum Gasteiger partial charge on any atom is 0.227 e. The molecule has 6 heteroatoms. The van der Waals surface area contributed by atoms with E-state index in [2.05, 4.69) is 27.4 Å². The summed E-state index contributed by atoms with van der Waals surface area (Å²) in [7, 11) is 3.59. The molecule has 0 bridgehead atoms. The van der Waals surface area contributed by atoms with E-state index in [1.807, 2.05) is 49.2 Å². The molecule has 0 aliphatic carbocycles. The van der Waals surface area contributed by atoms with Gasteiger partial charge >= 0.3 is 0 Å². The van der Waals surface area contributed by atoms with Crippen molar-refractivity contribution >= 4 is 29.1 Å². The monoisotopic (exact) mass is 368 g/mol. The van der Waals surface area contributed by atoms with E-state index in [1.165, 1.54) is 5.56 Å². The van der Waals surface area contributed by atoms with E-state index in [1.54, 1.807) is 19.4 Å². The van der Waals surface area contributed by atoms with E-state index in [9.17, 15) is 0 Å². The molecule has 0 spiro atoms. The Hall–Kier alpha value is -2.79. The van der Waals surface area contributed by atoms with Gasteiger partial charge in [0.25, 0.3) is 0 Å². The summed E-state index contributed by atoms with van der Waals surface area (Å²) >= 11 is 6.17. The first kappa shape index (κ1) is 18.0. The van der Waals surface area contributed by atoms with E-state index in [4.69, 9.17) is 16.3 Å². The third-order valence-corrected chi connectivity index (χ3v) is 4.40. The topological polar surface area (TPSA) is 50.3 Å². The number of halogens is 1. The van der Waals surface area contributed by atoms with Gasteiger partial charge in [0, 0.05) is 30.9 Å². The average molecular weight is 369 g/mol. The molecule has 0 amide bonds. The Balaban J connectivity index is 1.80. The summed E-state index contributed by atoms with van der Waals surface area (Å²) in [5.74, 6) is 2.00. The highest BCUT2D eigenvalue weighted by atomic mass is 35.5. The minimum atomic E-state index is 0.642. The molecule has 3 aromatic rings. The Morgan fingerprint density at radius 1 is 1.15 bits per heavy atom. The summed E-state index contributed by atoms with van der Waals surface area (Å²) in [4.78, 5) is 11.0. The molecule has 5 nitrogen and oxygen atoms in total. The summed E-state index contributed by atoms with van der Waals surface area (Å²) in [6, 6.07) is 15.8. The first-order chi connectivity index (χ1) is 12.6. The molecule has 1 N–H and O–H groups in total. The third-order valence-electron chi connectivity index (χ3n) is 3.99. The molecule has 2 aromatic carbocycles. The molecule has 1 aromatic heterocycles. The van der Waals surface area contributed by atoms with Crippen LogP contribution < -0.4 is 15.0 Å². The number of rotatable bonds is 6. The number of ether oxygens (including phenoxy) is 1. The number of nitrogens with zero attached hydrogens (tertiary/aromatic N) is 3. The number of hydrogen-bond acceptors (Lipinski definition) is 5. The molecule has 0 saturated heterocycles. The second-order valence-corrected chi connectivity index (χ2v) is 6.42. The van der Waals surface area contributed by atoms with E-state index in [-0.39, 0.29) is 0 Å². The number of anilines is 3. The van der Waals surface area contributed by atoms with Crippen molar-refractivity contribution in [3.05, 3.63) is 70.9 Å². The van der Waals surface area contributed by atoms with Crippen LogP contribution in [-0.4, -0.2) is 24.1 Å². The molecule has 0 radical (unpaired) electrons. The first-order valence-electron chi connectivity index (χ1n) is 8.26. The quantitative estimate of drug-likeness (QED) is 0.675. The van der Waals surface area contributed by atoms with Gasteiger partial charge in [0.05, 0.1) is 12.8 Å². The highest BCUT2D eigenvalue weighted by Gasteiger charge is 2.10. The molecule has 0 aliphatic rings. The van der Waals surface area contributed by atoms with Gasteiger partial charge in [-0.2, -0.15) is 4.98 Å². The van der Waals surface area contributed by atoms with Gasteiger partial charge in [-0.25, -0.2) is 4.98 Å². The zero-order valence-corrected chi connectivity index (χ0v) is 15.8. The SMILES string of the molecule is COc1cc(Cl)c(C)cc1Nc1ccnc(N(C)Cc2ccccc2)n1.